The average molecular weight is 387 g/mol. The molecule has 5 nitrogen and oxygen atoms in total. The van der Waals surface area contributed by atoms with Gasteiger partial charge in [0.2, 0.25) is 15.9 Å². The number of sulfonamides is 1. The maximum absolute atomic E-state index is 12.0. The molecule has 7 heteroatoms. The topological polar surface area (TPSA) is 66.5 Å². The van der Waals surface area contributed by atoms with Gasteiger partial charge in [-0.25, -0.2) is 8.42 Å². The van der Waals surface area contributed by atoms with E-state index in [-0.39, 0.29) is 12.5 Å². The molecule has 0 saturated heterocycles. The number of carbonyl (C=O) groups is 1. The van der Waals surface area contributed by atoms with Crippen molar-refractivity contribution < 1.29 is 13.2 Å². The second-order valence-corrected chi connectivity index (χ2v) is 9.07. The quantitative estimate of drug-likeness (QED) is 0.742. The highest BCUT2D eigenvalue weighted by Crippen LogP contribution is 2.23. The lowest BCUT2D eigenvalue weighted by Crippen LogP contribution is -2.33. The van der Waals surface area contributed by atoms with Gasteiger partial charge in [-0.2, -0.15) is 0 Å². The van der Waals surface area contributed by atoms with Crippen LogP contribution < -0.4 is 9.62 Å². The molecular formula is C18H27ClN2O3S. The van der Waals surface area contributed by atoms with Crippen LogP contribution in [0.25, 0.3) is 0 Å². The first-order valence-corrected chi connectivity index (χ1v) is 11.1. The Morgan fingerprint density at radius 1 is 1.28 bits per heavy atom. The summed E-state index contributed by atoms with van der Waals surface area (Å²) in [5.41, 5.74) is 0.526. The number of hydrogen-bond donors (Lipinski definition) is 1. The second-order valence-electron chi connectivity index (χ2n) is 6.73. The molecule has 2 rings (SSSR count). The van der Waals surface area contributed by atoms with Gasteiger partial charge in [0.05, 0.1) is 11.9 Å². The van der Waals surface area contributed by atoms with Crippen molar-refractivity contribution in [1.29, 1.82) is 0 Å². The summed E-state index contributed by atoms with van der Waals surface area (Å²) in [4.78, 5) is 12.0. The summed E-state index contributed by atoms with van der Waals surface area (Å²) in [6, 6.07) is 6.73. The monoisotopic (exact) mass is 386 g/mol. The molecule has 0 spiro atoms. The fraction of sp³-hybridized carbons (Fsp3) is 0.611. The van der Waals surface area contributed by atoms with Gasteiger partial charge < -0.3 is 5.32 Å². The molecule has 25 heavy (non-hydrogen) atoms. The van der Waals surface area contributed by atoms with Crippen LogP contribution in [0.15, 0.2) is 24.3 Å². The van der Waals surface area contributed by atoms with E-state index in [4.69, 9.17) is 11.6 Å². The number of amides is 1. The third-order valence-corrected chi connectivity index (χ3v) is 6.00. The van der Waals surface area contributed by atoms with E-state index in [1.807, 2.05) is 0 Å². The number of benzene rings is 1. The van der Waals surface area contributed by atoms with Crippen molar-refractivity contribution in [2.75, 3.05) is 23.7 Å². The standard InChI is InChI=1S/C18H27ClN2O3S/c1-25(23,24)21(17-10-5-9-16(19)13-17)12-6-11-18(22)20-14-15-7-3-2-4-8-15/h5,9-10,13,15H,2-4,6-8,11-12,14H2,1H3,(H,20,22). The molecule has 1 aromatic carbocycles. The van der Waals surface area contributed by atoms with Crippen LogP contribution in [0.5, 0.6) is 0 Å². The molecule has 0 bridgehead atoms. The van der Waals surface area contributed by atoms with Crippen molar-refractivity contribution in [3.8, 4) is 0 Å². The van der Waals surface area contributed by atoms with E-state index in [1.165, 1.54) is 36.4 Å². The average Bonchev–Trinajstić information content (AvgIpc) is 2.56. The van der Waals surface area contributed by atoms with Gasteiger partial charge in [0.15, 0.2) is 0 Å². The molecule has 0 aliphatic heterocycles. The third-order valence-electron chi connectivity index (χ3n) is 4.57. The molecule has 0 unspecified atom stereocenters. The number of halogens is 1. The molecule has 1 fully saturated rings. The van der Waals surface area contributed by atoms with Crippen molar-refractivity contribution in [3.05, 3.63) is 29.3 Å². The van der Waals surface area contributed by atoms with E-state index in [2.05, 4.69) is 5.32 Å². The van der Waals surface area contributed by atoms with Crippen LogP contribution in [0.4, 0.5) is 5.69 Å². The molecule has 0 atom stereocenters. The van der Waals surface area contributed by atoms with E-state index in [0.717, 1.165) is 12.8 Å². The Balaban J connectivity index is 1.81. The molecule has 1 aliphatic rings. The first-order chi connectivity index (χ1) is 11.9. The molecule has 1 amide bonds. The predicted octanol–water partition coefficient (Wildman–Crippen LogP) is 3.58. The fourth-order valence-corrected chi connectivity index (χ4v) is 4.38. The van der Waals surface area contributed by atoms with Gasteiger partial charge in [0, 0.05) is 24.5 Å². The lowest BCUT2D eigenvalue weighted by Gasteiger charge is -2.23. The van der Waals surface area contributed by atoms with Gasteiger partial charge in [0.1, 0.15) is 0 Å². The highest BCUT2D eigenvalue weighted by molar-refractivity contribution is 7.92. The SMILES string of the molecule is CS(=O)(=O)N(CCCC(=O)NCC1CCCCC1)c1cccc(Cl)c1. The maximum atomic E-state index is 12.0. The number of nitrogens with one attached hydrogen (secondary N) is 1. The molecule has 1 N–H and O–H groups in total. The van der Waals surface area contributed by atoms with Crippen LogP contribution in [0.1, 0.15) is 44.9 Å². The number of hydrogen-bond acceptors (Lipinski definition) is 3. The summed E-state index contributed by atoms with van der Waals surface area (Å²) >= 11 is 5.95. The molecule has 1 aromatic rings. The normalized spacial score (nSPS) is 15.8. The van der Waals surface area contributed by atoms with Crippen LogP contribution in [-0.2, 0) is 14.8 Å². The molecule has 0 aromatic heterocycles. The molecule has 0 heterocycles. The summed E-state index contributed by atoms with van der Waals surface area (Å²) in [5.74, 6) is 0.585. The highest BCUT2D eigenvalue weighted by atomic mass is 35.5. The maximum Gasteiger partial charge on any atom is 0.232 e. The lowest BCUT2D eigenvalue weighted by atomic mass is 9.89. The first-order valence-electron chi connectivity index (χ1n) is 8.86. The summed E-state index contributed by atoms with van der Waals surface area (Å²) in [5, 5.41) is 3.47. The van der Waals surface area contributed by atoms with Gasteiger partial charge in [-0.1, -0.05) is 36.9 Å². The van der Waals surface area contributed by atoms with E-state index in [1.54, 1.807) is 24.3 Å². The Morgan fingerprint density at radius 2 is 2.00 bits per heavy atom. The zero-order chi connectivity index (χ0) is 18.3. The Bertz CT molecular complexity index is 673. The van der Waals surface area contributed by atoms with Crippen molar-refractivity contribution in [3.63, 3.8) is 0 Å². The van der Waals surface area contributed by atoms with Crippen LogP contribution in [-0.4, -0.2) is 33.7 Å². The van der Waals surface area contributed by atoms with Gasteiger partial charge in [0.25, 0.3) is 0 Å². The van der Waals surface area contributed by atoms with Crippen molar-refractivity contribution in [2.24, 2.45) is 5.92 Å². The van der Waals surface area contributed by atoms with Crippen LogP contribution in [0, 0.1) is 5.92 Å². The van der Waals surface area contributed by atoms with E-state index in [9.17, 15) is 13.2 Å². The molecular weight excluding hydrogens is 360 g/mol. The van der Waals surface area contributed by atoms with E-state index in [0.29, 0.717) is 29.5 Å². The fourth-order valence-electron chi connectivity index (χ4n) is 3.24. The predicted molar refractivity (Wildman–Crippen MR) is 102 cm³/mol. The number of carbonyl (C=O) groups excluding carboxylic acids is 1. The Morgan fingerprint density at radius 3 is 2.64 bits per heavy atom. The highest BCUT2D eigenvalue weighted by Gasteiger charge is 2.18. The van der Waals surface area contributed by atoms with Crippen LogP contribution in [0.2, 0.25) is 5.02 Å². The molecule has 1 aliphatic carbocycles. The Hall–Kier alpha value is -1.27. The molecule has 0 radical (unpaired) electrons. The van der Waals surface area contributed by atoms with Crippen molar-refractivity contribution in [1.82, 2.24) is 5.32 Å². The zero-order valence-electron chi connectivity index (χ0n) is 14.7. The lowest BCUT2D eigenvalue weighted by molar-refractivity contribution is -0.121. The van der Waals surface area contributed by atoms with Gasteiger partial charge >= 0.3 is 0 Å². The van der Waals surface area contributed by atoms with Crippen LogP contribution >= 0.6 is 11.6 Å². The van der Waals surface area contributed by atoms with Gasteiger partial charge in [-0.15, -0.1) is 0 Å². The number of nitrogens with zero attached hydrogens (tertiary/aromatic N) is 1. The van der Waals surface area contributed by atoms with Gasteiger partial charge in [-0.05, 0) is 43.4 Å². The second kappa shape index (κ2) is 9.43. The summed E-state index contributed by atoms with van der Waals surface area (Å²) < 4.78 is 25.4. The summed E-state index contributed by atoms with van der Waals surface area (Å²) in [6.07, 6.45) is 8.14. The smallest absolute Gasteiger partial charge is 0.232 e. The largest absolute Gasteiger partial charge is 0.356 e. The minimum atomic E-state index is -3.42. The van der Waals surface area contributed by atoms with Crippen LogP contribution in [0.3, 0.4) is 0 Å². The van der Waals surface area contributed by atoms with Gasteiger partial charge in [-0.3, -0.25) is 9.10 Å². The third kappa shape index (κ3) is 6.86. The number of rotatable bonds is 8. The summed E-state index contributed by atoms with van der Waals surface area (Å²) in [6.45, 7) is 0.999. The Labute approximate surface area is 155 Å². The first kappa shape index (κ1) is 20.0. The zero-order valence-corrected chi connectivity index (χ0v) is 16.3. The minimum absolute atomic E-state index is 0.00915. The van der Waals surface area contributed by atoms with Crippen molar-refractivity contribution >= 4 is 33.2 Å². The van der Waals surface area contributed by atoms with Crippen molar-refractivity contribution in [2.45, 2.75) is 44.9 Å². The summed E-state index contributed by atoms with van der Waals surface area (Å²) in [7, 11) is -3.42. The van der Waals surface area contributed by atoms with E-state index >= 15 is 0 Å². The number of anilines is 1. The minimum Gasteiger partial charge on any atom is -0.356 e. The van der Waals surface area contributed by atoms with E-state index < -0.39 is 10.0 Å². The Kier molecular flexibility index (Phi) is 7.56. The molecule has 140 valence electrons. The molecule has 1 saturated carbocycles.